The molecule has 2 heterocycles. The van der Waals surface area contributed by atoms with Crippen LogP contribution in [0.25, 0.3) is 0 Å². The predicted octanol–water partition coefficient (Wildman–Crippen LogP) is 1.35. The van der Waals surface area contributed by atoms with Gasteiger partial charge >= 0.3 is 5.82 Å². The highest BCUT2D eigenvalue weighted by atomic mass is 16.6. The number of nitro groups is 1. The van der Waals surface area contributed by atoms with E-state index in [1.165, 1.54) is 10.8 Å². The molecule has 0 saturated carbocycles. The SMILES string of the molecule is COc1cc(Cc2cnc(N)nc2N)cc(OC)c1OC.Cc1ncc([N+](=O)[O-])n1CCO. The minimum absolute atomic E-state index is 0.0819. The summed E-state index contributed by atoms with van der Waals surface area (Å²) >= 11 is 0. The highest BCUT2D eigenvalue weighted by Crippen LogP contribution is 2.38. The van der Waals surface area contributed by atoms with Gasteiger partial charge in [-0.15, -0.1) is 0 Å². The Kier molecular flexibility index (Phi) is 8.74. The Hall–Kier alpha value is -4.13. The van der Waals surface area contributed by atoms with Gasteiger partial charge in [-0.25, -0.2) is 14.5 Å². The molecule has 1 aromatic carbocycles. The van der Waals surface area contributed by atoms with E-state index >= 15 is 0 Å². The molecule has 2 aromatic heterocycles. The monoisotopic (exact) mass is 461 g/mol. The van der Waals surface area contributed by atoms with Crippen molar-refractivity contribution in [3.05, 3.63) is 51.6 Å². The van der Waals surface area contributed by atoms with Gasteiger partial charge in [0.15, 0.2) is 17.3 Å². The van der Waals surface area contributed by atoms with Gasteiger partial charge in [-0.1, -0.05) is 0 Å². The number of methoxy groups -OCH3 is 3. The summed E-state index contributed by atoms with van der Waals surface area (Å²) in [5.41, 5.74) is 13.1. The molecule has 178 valence electrons. The number of aliphatic hydroxyl groups is 1. The molecule has 0 saturated heterocycles. The van der Waals surface area contributed by atoms with Crippen LogP contribution >= 0.6 is 0 Å². The number of hydrogen-bond acceptors (Lipinski definition) is 11. The van der Waals surface area contributed by atoms with E-state index in [4.69, 9.17) is 30.8 Å². The quantitative estimate of drug-likeness (QED) is 0.324. The fourth-order valence-corrected chi connectivity index (χ4v) is 3.01. The third kappa shape index (κ3) is 6.20. The summed E-state index contributed by atoms with van der Waals surface area (Å²) in [5, 5.41) is 19.0. The van der Waals surface area contributed by atoms with Gasteiger partial charge in [0.2, 0.25) is 11.7 Å². The molecule has 3 aromatic rings. The normalized spacial score (nSPS) is 10.2. The summed E-state index contributed by atoms with van der Waals surface area (Å²) in [6, 6.07) is 3.72. The van der Waals surface area contributed by atoms with Crippen LogP contribution in [0.4, 0.5) is 17.6 Å². The zero-order chi connectivity index (χ0) is 24.5. The van der Waals surface area contributed by atoms with Crippen molar-refractivity contribution in [3.8, 4) is 17.2 Å². The van der Waals surface area contributed by atoms with Crippen LogP contribution in [0.1, 0.15) is 17.0 Å². The first-order valence-corrected chi connectivity index (χ1v) is 9.68. The molecule has 0 atom stereocenters. The second-order valence-corrected chi connectivity index (χ2v) is 6.65. The summed E-state index contributed by atoms with van der Waals surface area (Å²) in [6.07, 6.45) is 3.33. The molecule has 0 radical (unpaired) electrons. The summed E-state index contributed by atoms with van der Waals surface area (Å²) in [6.45, 7) is 1.74. The standard InChI is InChI=1S/C14H18N4O3.C6H9N3O3/c1-19-10-5-8(6-11(20-2)12(10)21-3)4-9-7-17-14(16)18-13(9)15;1-5-7-4-6(9(11)12)8(5)2-3-10/h5-7H,4H2,1-3H3,(H4,15,16,17,18);4,10H,2-3H2,1H3. The van der Waals surface area contributed by atoms with E-state index in [1.807, 2.05) is 12.1 Å². The van der Waals surface area contributed by atoms with Crippen LogP contribution < -0.4 is 25.7 Å². The van der Waals surface area contributed by atoms with Gasteiger partial charge in [-0.05, 0) is 22.6 Å². The number of nitrogens with zero attached hydrogens (tertiary/aromatic N) is 5. The third-order valence-electron chi connectivity index (χ3n) is 4.58. The summed E-state index contributed by atoms with van der Waals surface area (Å²) in [7, 11) is 4.70. The maximum atomic E-state index is 10.4. The van der Waals surface area contributed by atoms with Crippen LogP contribution in [0, 0.1) is 17.0 Å². The van der Waals surface area contributed by atoms with Crippen molar-refractivity contribution in [2.45, 2.75) is 19.9 Å². The predicted molar refractivity (Wildman–Crippen MR) is 120 cm³/mol. The second-order valence-electron chi connectivity index (χ2n) is 6.65. The number of aliphatic hydroxyl groups excluding tert-OH is 1. The molecular formula is C20H27N7O6. The average Bonchev–Trinajstić information content (AvgIpc) is 3.16. The molecule has 5 N–H and O–H groups in total. The zero-order valence-corrected chi connectivity index (χ0v) is 18.8. The van der Waals surface area contributed by atoms with Crippen molar-refractivity contribution in [1.29, 1.82) is 0 Å². The maximum Gasteiger partial charge on any atom is 0.342 e. The van der Waals surface area contributed by atoms with E-state index in [9.17, 15) is 10.1 Å². The largest absolute Gasteiger partial charge is 0.493 e. The molecular weight excluding hydrogens is 434 g/mol. The van der Waals surface area contributed by atoms with E-state index < -0.39 is 4.92 Å². The molecule has 0 aliphatic heterocycles. The summed E-state index contributed by atoms with van der Waals surface area (Å²) in [4.78, 5) is 21.5. The number of aromatic nitrogens is 4. The van der Waals surface area contributed by atoms with E-state index in [0.717, 1.165) is 11.1 Å². The first-order chi connectivity index (χ1) is 15.7. The van der Waals surface area contributed by atoms with E-state index in [-0.39, 0.29) is 24.9 Å². The molecule has 0 bridgehead atoms. The molecule has 13 heteroatoms. The van der Waals surface area contributed by atoms with Gasteiger partial charge in [0.1, 0.15) is 18.6 Å². The number of hydrogen-bond donors (Lipinski definition) is 3. The lowest BCUT2D eigenvalue weighted by atomic mass is 10.1. The first-order valence-electron chi connectivity index (χ1n) is 9.68. The third-order valence-corrected chi connectivity index (χ3v) is 4.58. The molecule has 3 rings (SSSR count). The number of imidazole rings is 1. The number of ether oxygens (including phenoxy) is 3. The van der Waals surface area contributed by atoms with E-state index in [2.05, 4.69) is 15.0 Å². The lowest BCUT2D eigenvalue weighted by Gasteiger charge is -2.14. The van der Waals surface area contributed by atoms with Crippen molar-refractivity contribution < 1.29 is 24.2 Å². The molecule has 0 aliphatic rings. The van der Waals surface area contributed by atoms with Gasteiger partial charge < -0.3 is 40.9 Å². The smallest absolute Gasteiger partial charge is 0.342 e. The molecule has 13 nitrogen and oxygen atoms in total. The Bertz CT molecular complexity index is 1080. The van der Waals surface area contributed by atoms with Crippen molar-refractivity contribution in [2.75, 3.05) is 39.4 Å². The lowest BCUT2D eigenvalue weighted by Crippen LogP contribution is -2.07. The van der Waals surface area contributed by atoms with Crippen molar-refractivity contribution >= 4 is 17.6 Å². The van der Waals surface area contributed by atoms with Crippen molar-refractivity contribution in [3.63, 3.8) is 0 Å². The number of nitrogens with two attached hydrogens (primary N) is 2. The number of rotatable bonds is 8. The maximum absolute atomic E-state index is 10.4. The minimum Gasteiger partial charge on any atom is -0.493 e. The van der Waals surface area contributed by atoms with Gasteiger partial charge in [0.05, 0.1) is 27.9 Å². The highest BCUT2D eigenvalue weighted by molar-refractivity contribution is 5.55. The summed E-state index contributed by atoms with van der Waals surface area (Å²) < 4.78 is 17.3. The average molecular weight is 461 g/mol. The topological polar surface area (TPSA) is 187 Å². The molecule has 0 unspecified atom stereocenters. The zero-order valence-electron chi connectivity index (χ0n) is 18.8. The number of aryl methyl sites for hydroxylation is 1. The first kappa shape index (κ1) is 25.1. The molecule has 0 spiro atoms. The molecule has 0 amide bonds. The molecule has 33 heavy (non-hydrogen) atoms. The Morgan fingerprint density at radius 3 is 2.21 bits per heavy atom. The molecule has 0 fully saturated rings. The van der Waals surface area contributed by atoms with Crippen molar-refractivity contribution in [2.24, 2.45) is 0 Å². The second kappa shape index (κ2) is 11.5. The highest BCUT2D eigenvalue weighted by Gasteiger charge is 2.16. The number of benzene rings is 1. The number of nitrogen functional groups attached to an aromatic ring is 2. The van der Waals surface area contributed by atoms with Crippen LogP contribution in [0.15, 0.2) is 24.5 Å². The number of anilines is 2. The van der Waals surface area contributed by atoms with Gasteiger partial charge in [0.25, 0.3) is 0 Å². The minimum atomic E-state index is -0.518. The van der Waals surface area contributed by atoms with Gasteiger partial charge in [-0.2, -0.15) is 4.98 Å². The van der Waals surface area contributed by atoms with Gasteiger partial charge in [-0.3, -0.25) is 0 Å². The fourth-order valence-electron chi connectivity index (χ4n) is 3.01. The van der Waals surface area contributed by atoms with Crippen molar-refractivity contribution in [1.82, 2.24) is 19.5 Å². The molecule has 0 aliphatic carbocycles. The summed E-state index contributed by atoms with van der Waals surface area (Å²) in [5.74, 6) is 2.68. The Labute approximate surface area is 190 Å². The Morgan fingerprint density at radius 1 is 1.09 bits per heavy atom. The van der Waals surface area contributed by atoms with Crippen LogP contribution in [0.5, 0.6) is 17.2 Å². The van der Waals surface area contributed by atoms with E-state index in [0.29, 0.717) is 35.3 Å². The van der Waals surface area contributed by atoms with Crippen LogP contribution in [0.2, 0.25) is 0 Å². The Balaban J connectivity index is 0.000000273. The Morgan fingerprint density at radius 2 is 1.73 bits per heavy atom. The van der Waals surface area contributed by atoms with Crippen LogP contribution in [-0.2, 0) is 13.0 Å². The fraction of sp³-hybridized carbons (Fsp3) is 0.350. The lowest BCUT2D eigenvalue weighted by molar-refractivity contribution is -0.392. The van der Waals surface area contributed by atoms with Gasteiger partial charge in [0, 0.05) is 25.1 Å². The van der Waals surface area contributed by atoms with E-state index in [1.54, 1.807) is 34.4 Å². The van der Waals surface area contributed by atoms with Crippen LogP contribution in [0.3, 0.4) is 0 Å². The van der Waals surface area contributed by atoms with Crippen LogP contribution in [-0.4, -0.2) is 57.5 Å².